The summed E-state index contributed by atoms with van der Waals surface area (Å²) in [6, 6.07) is 16.5. The summed E-state index contributed by atoms with van der Waals surface area (Å²) in [4.78, 5) is 31.5. The Morgan fingerprint density at radius 2 is 1.46 bits per heavy atom. The zero-order chi connectivity index (χ0) is 42.0. The minimum atomic E-state index is -0.735. The number of esters is 1. The Balaban J connectivity index is 1.42. The lowest BCUT2D eigenvalue weighted by Crippen LogP contribution is -2.51. The van der Waals surface area contributed by atoms with Crippen molar-refractivity contribution in [3.05, 3.63) is 96.6 Å². The summed E-state index contributed by atoms with van der Waals surface area (Å²) in [6.07, 6.45) is 11.7. The second kappa shape index (κ2) is 23.4. The van der Waals surface area contributed by atoms with Gasteiger partial charge in [-0.2, -0.15) is 0 Å². The molecule has 3 aromatic carbocycles. The van der Waals surface area contributed by atoms with Crippen LogP contribution in [0.2, 0.25) is 0 Å². The Labute approximate surface area is 350 Å². The lowest BCUT2D eigenvalue weighted by molar-refractivity contribution is -0.163. The average molecular weight is 814 g/mol. The van der Waals surface area contributed by atoms with Gasteiger partial charge in [0.05, 0.1) is 54.2 Å². The molecule has 3 atom stereocenters. The van der Waals surface area contributed by atoms with Crippen molar-refractivity contribution in [1.82, 2.24) is 4.90 Å². The van der Waals surface area contributed by atoms with Crippen LogP contribution in [0, 0.1) is 5.92 Å². The van der Waals surface area contributed by atoms with Gasteiger partial charge in [0.2, 0.25) is 11.7 Å². The Morgan fingerprint density at radius 1 is 0.746 bits per heavy atom. The average Bonchev–Trinajstić information content (AvgIpc) is 3.28. The summed E-state index contributed by atoms with van der Waals surface area (Å²) in [5.74, 6) is 2.49. The number of carbonyl (C=O) groups is 2. The number of likely N-dealkylation sites (tertiary alicyclic amines) is 1. The van der Waals surface area contributed by atoms with Crippen LogP contribution in [-0.2, 0) is 25.5 Å². The summed E-state index contributed by atoms with van der Waals surface area (Å²) >= 11 is 0. The maximum Gasteiger partial charge on any atom is 0.329 e. The first kappa shape index (κ1) is 44.9. The van der Waals surface area contributed by atoms with Crippen molar-refractivity contribution < 1.29 is 47.5 Å². The van der Waals surface area contributed by atoms with Crippen molar-refractivity contribution in [1.29, 1.82) is 0 Å². The molecule has 1 saturated carbocycles. The summed E-state index contributed by atoms with van der Waals surface area (Å²) < 4.78 is 46.8. The highest BCUT2D eigenvalue weighted by Crippen LogP contribution is 2.45. The number of methoxy groups -OCH3 is 4. The third-order valence-corrected chi connectivity index (χ3v) is 11.2. The first-order valence-electron chi connectivity index (χ1n) is 21.0. The SMILES string of the molecule is C=CCOCCCOc1c(OC)cc(C(C(=O)N2CCCCC2C(=O)OC(CCc2ccc(OC)c(OC)c2)c2cccc(OCC=C)c2)C2CCCCC2)cc1OC. The van der Waals surface area contributed by atoms with Gasteiger partial charge in [0, 0.05) is 13.0 Å². The molecule has 2 fully saturated rings. The highest BCUT2D eigenvalue weighted by molar-refractivity contribution is 5.89. The molecule has 1 aliphatic heterocycles. The molecule has 59 heavy (non-hydrogen) atoms. The van der Waals surface area contributed by atoms with Crippen molar-refractivity contribution >= 4 is 11.9 Å². The highest BCUT2D eigenvalue weighted by Gasteiger charge is 2.41. The van der Waals surface area contributed by atoms with Crippen LogP contribution in [0.25, 0.3) is 0 Å². The van der Waals surface area contributed by atoms with Crippen LogP contribution in [0.4, 0.5) is 0 Å². The quantitative estimate of drug-likeness (QED) is 0.0522. The number of hydrogen-bond donors (Lipinski definition) is 0. The van der Waals surface area contributed by atoms with E-state index >= 15 is 4.79 Å². The summed E-state index contributed by atoms with van der Waals surface area (Å²) in [5, 5.41) is 0. The number of aryl methyl sites for hydroxylation is 1. The number of piperidine rings is 1. The van der Waals surface area contributed by atoms with Crippen molar-refractivity contribution in [2.24, 2.45) is 5.92 Å². The third-order valence-electron chi connectivity index (χ3n) is 11.2. The van der Waals surface area contributed by atoms with Gasteiger partial charge in [-0.15, -0.1) is 6.58 Å². The molecule has 0 bridgehead atoms. The predicted molar refractivity (Wildman–Crippen MR) is 228 cm³/mol. The molecule has 1 aliphatic carbocycles. The fraction of sp³-hybridized carbons (Fsp3) is 0.500. The van der Waals surface area contributed by atoms with Crippen LogP contribution >= 0.6 is 0 Å². The number of amides is 1. The molecule has 0 aromatic heterocycles. The molecule has 5 rings (SSSR count). The molecule has 3 aromatic rings. The zero-order valence-corrected chi connectivity index (χ0v) is 35.4. The smallest absolute Gasteiger partial charge is 0.329 e. The van der Waals surface area contributed by atoms with Crippen LogP contribution in [0.1, 0.15) is 92.9 Å². The van der Waals surface area contributed by atoms with Crippen molar-refractivity contribution in [2.45, 2.75) is 88.7 Å². The fourth-order valence-electron chi connectivity index (χ4n) is 8.23. The number of nitrogens with zero attached hydrogens (tertiary/aromatic N) is 1. The molecule has 11 heteroatoms. The molecule has 11 nitrogen and oxygen atoms in total. The first-order chi connectivity index (χ1) is 28.8. The summed E-state index contributed by atoms with van der Waals surface area (Å²) in [5.41, 5.74) is 2.60. The van der Waals surface area contributed by atoms with Crippen LogP contribution in [0.3, 0.4) is 0 Å². The minimum Gasteiger partial charge on any atom is -0.493 e. The van der Waals surface area contributed by atoms with E-state index in [9.17, 15) is 4.79 Å². The molecule has 0 radical (unpaired) electrons. The van der Waals surface area contributed by atoms with Crippen LogP contribution < -0.4 is 28.4 Å². The normalized spacial score (nSPS) is 16.6. The Morgan fingerprint density at radius 3 is 2.15 bits per heavy atom. The van der Waals surface area contributed by atoms with Gasteiger partial charge < -0.3 is 42.8 Å². The molecule has 0 spiro atoms. The fourth-order valence-corrected chi connectivity index (χ4v) is 8.23. The van der Waals surface area contributed by atoms with Gasteiger partial charge >= 0.3 is 5.97 Å². The first-order valence-corrected chi connectivity index (χ1v) is 21.0. The van der Waals surface area contributed by atoms with Gasteiger partial charge in [0.1, 0.15) is 24.5 Å². The number of ether oxygens (including phenoxy) is 8. The molecule has 2 aliphatic rings. The summed E-state index contributed by atoms with van der Waals surface area (Å²) in [6.45, 7) is 9.67. The molecule has 1 amide bonds. The van der Waals surface area contributed by atoms with Crippen molar-refractivity contribution in [3.63, 3.8) is 0 Å². The van der Waals surface area contributed by atoms with E-state index in [0.717, 1.165) is 61.6 Å². The molecule has 0 N–H and O–H groups in total. The number of carbonyl (C=O) groups excluding carboxylic acids is 2. The van der Waals surface area contributed by atoms with E-state index in [4.69, 9.17) is 37.9 Å². The number of rotatable bonds is 23. The van der Waals surface area contributed by atoms with E-state index in [0.29, 0.717) is 93.2 Å². The highest BCUT2D eigenvalue weighted by atomic mass is 16.6. The predicted octanol–water partition coefficient (Wildman–Crippen LogP) is 9.22. The van der Waals surface area contributed by atoms with Crippen molar-refractivity contribution in [2.75, 3.05) is 61.4 Å². The van der Waals surface area contributed by atoms with Gasteiger partial charge in [0.15, 0.2) is 23.0 Å². The minimum absolute atomic E-state index is 0.0719. The maximum absolute atomic E-state index is 15.2. The molecule has 3 unspecified atom stereocenters. The van der Waals surface area contributed by atoms with Gasteiger partial charge in [-0.3, -0.25) is 4.79 Å². The van der Waals surface area contributed by atoms with Crippen molar-refractivity contribution in [3.8, 4) is 34.5 Å². The van der Waals surface area contributed by atoms with E-state index in [2.05, 4.69) is 13.2 Å². The van der Waals surface area contributed by atoms with Gasteiger partial charge in [-0.25, -0.2) is 4.79 Å². The Kier molecular flexibility index (Phi) is 17.8. The van der Waals surface area contributed by atoms with E-state index in [1.165, 1.54) is 0 Å². The molecule has 1 saturated heterocycles. The second-order valence-corrected chi connectivity index (χ2v) is 15.1. The maximum atomic E-state index is 15.2. The topological polar surface area (TPSA) is 111 Å². The molecule has 1 heterocycles. The third kappa shape index (κ3) is 12.2. The lowest BCUT2D eigenvalue weighted by Gasteiger charge is -2.40. The molecular weight excluding hydrogens is 751 g/mol. The van der Waals surface area contributed by atoms with Crippen LogP contribution in [0.15, 0.2) is 79.9 Å². The van der Waals surface area contributed by atoms with Gasteiger partial charge in [0.25, 0.3) is 0 Å². The largest absolute Gasteiger partial charge is 0.493 e. The second-order valence-electron chi connectivity index (χ2n) is 15.1. The number of benzene rings is 3. The monoisotopic (exact) mass is 813 g/mol. The number of hydrogen-bond acceptors (Lipinski definition) is 10. The summed E-state index contributed by atoms with van der Waals surface area (Å²) in [7, 11) is 6.40. The standard InChI is InChI=1S/C48H63NO10/c1-7-26-56-28-15-29-58-46-43(54-5)32-37(33-44(46)55-6)45(35-16-10-9-11-17-35)47(50)49-25-13-12-20-39(49)48(51)59-40(36-18-14-19-38(31-36)57-27-8-2)23-21-34-22-24-41(52-3)42(30-34)53-4/h7-8,14,18-19,22,24,30-33,35,39-40,45H,1-2,9-13,15-17,20-21,23,25-29H2,3-6H3. The lowest BCUT2D eigenvalue weighted by atomic mass is 9.75. The van der Waals surface area contributed by atoms with E-state index in [-0.39, 0.29) is 11.8 Å². The van der Waals surface area contributed by atoms with Gasteiger partial charge in [-0.1, -0.05) is 56.2 Å². The van der Waals surface area contributed by atoms with Crippen LogP contribution in [0.5, 0.6) is 34.5 Å². The van der Waals surface area contributed by atoms with E-state index < -0.39 is 24.0 Å². The Bertz CT molecular complexity index is 1800. The van der Waals surface area contributed by atoms with Gasteiger partial charge in [-0.05, 0) is 104 Å². The van der Waals surface area contributed by atoms with Crippen LogP contribution in [-0.4, -0.2) is 84.2 Å². The van der Waals surface area contributed by atoms with E-state index in [1.54, 1.807) is 45.5 Å². The zero-order valence-electron chi connectivity index (χ0n) is 35.4. The molecular formula is C48H63NO10. The van der Waals surface area contributed by atoms with E-state index in [1.807, 2.05) is 54.6 Å². The molecule has 320 valence electrons. The Hall–Kier alpha value is -5.16.